The minimum atomic E-state index is -4.52. The van der Waals surface area contributed by atoms with Crippen molar-refractivity contribution in [2.45, 2.75) is 25.6 Å². The number of carbonyl (C=O) groups is 1. The van der Waals surface area contributed by atoms with Crippen molar-refractivity contribution in [3.63, 3.8) is 0 Å². The number of rotatable bonds is 5. The molecular weight excluding hydrogens is 489 g/mol. The van der Waals surface area contributed by atoms with Crippen LogP contribution >= 0.6 is 15.9 Å². The molecule has 10 heteroatoms. The Bertz CT molecular complexity index is 1090. The van der Waals surface area contributed by atoms with E-state index in [-0.39, 0.29) is 11.6 Å². The van der Waals surface area contributed by atoms with Crippen LogP contribution in [0.25, 0.3) is 11.4 Å². The summed E-state index contributed by atoms with van der Waals surface area (Å²) < 4.78 is 45.7. The fourth-order valence-corrected chi connectivity index (χ4v) is 4.08. The Balaban J connectivity index is 1.32. The molecule has 3 aromatic rings. The van der Waals surface area contributed by atoms with Gasteiger partial charge in [-0.2, -0.15) is 18.2 Å². The van der Waals surface area contributed by atoms with Crippen LogP contribution in [0.15, 0.2) is 57.5 Å². The summed E-state index contributed by atoms with van der Waals surface area (Å²) in [6, 6.07) is 12.6. The second-order valence-electron chi connectivity index (χ2n) is 7.61. The predicted octanol–water partition coefficient (Wildman–Crippen LogP) is 5.37. The van der Waals surface area contributed by atoms with Crippen LogP contribution in [0.5, 0.6) is 0 Å². The lowest BCUT2D eigenvalue weighted by atomic mass is 9.95. The monoisotopic (exact) mass is 508 g/mol. The van der Waals surface area contributed by atoms with E-state index in [1.807, 2.05) is 24.3 Å². The first-order valence-electron chi connectivity index (χ1n) is 10.1. The lowest BCUT2D eigenvalue weighted by molar-refractivity contribution is -0.137. The molecule has 168 valence electrons. The molecule has 1 aliphatic rings. The van der Waals surface area contributed by atoms with Crippen LogP contribution in [-0.4, -0.2) is 34.0 Å². The number of aromatic nitrogens is 2. The molecule has 0 aliphatic carbocycles. The summed E-state index contributed by atoms with van der Waals surface area (Å²) in [5.74, 6) is 0.226. The Kier molecular flexibility index (Phi) is 6.61. The predicted molar refractivity (Wildman–Crippen MR) is 116 cm³/mol. The molecule has 0 radical (unpaired) electrons. The zero-order chi connectivity index (χ0) is 22.7. The van der Waals surface area contributed by atoms with E-state index in [4.69, 9.17) is 4.52 Å². The summed E-state index contributed by atoms with van der Waals surface area (Å²) in [7, 11) is 0. The van der Waals surface area contributed by atoms with Crippen LogP contribution in [0.2, 0.25) is 0 Å². The quantitative estimate of drug-likeness (QED) is 0.501. The number of anilines is 1. The normalized spacial score (nSPS) is 15.6. The van der Waals surface area contributed by atoms with Crippen LogP contribution in [0.4, 0.5) is 18.9 Å². The molecule has 0 atom stereocenters. The van der Waals surface area contributed by atoms with Crippen LogP contribution in [0.1, 0.15) is 24.3 Å². The van der Waals surface area contributed by atoms with Crippen LogP contribution in [0, 0.1) is 5.92 Å². The number of piperidine rings is 1. The fourth-order valence-electron chi connectivity index (χ4n) is 3.68. The highest BCUT2D eigenvalue weighted by Crippen LogP contribution is 2.35. The molecule has 0 bridgehead atoms. The standard InChI is InChI=1S/C22H20BrF3N4O2/c23-16-5-3-4-15(12-16)20-28-19(32-29-20)13-30-10-8-14(9-11-30)21(31)27-18-7-2-1-6-17(18)22(24,25)26/h1-7,12,14H,8-11,13H2,(H,27,31). The number of amides is 1. The molecule has 2 aromatic carbocycles. The van der Waals surface area contributed by atoms with Crippen molar-refractivity contribution in [3.05, 3.63) is 64.5 Å². The number of carbonyl (C=O) groups excluding carboxylic acids is 1. The first-order valence-corrected chi connectivity index (χ1v) is 10.9. The largest absolute Gasteiger partial charge is 0.418 e. The third-order valence-electron chi connectivity index (χ3n) is 5.36. The number of hydrogen-bond acceptors (Lipinski definition) is 5. The van der Waals surface area contributed by atoms with Crippen LogP contribution in [0.3, 0.4) is 0 Å². The molecule has 32 heavy (non-hydrogen) atoms. The van der Waals surface area contributed by atoms with Crippen LogP contribution in [-0.2, 0) is 17.5 Å². The van der Waals surface area contributed by atoms with E-state index in [1.54, 1.807) is 0 Å². The third-order valence-corrected chi connectivity index (χ3v) is 5.85. The SMILES string of the molecule is O=C(Nc1ccccc1C(F)(F)F)C1CCN(Cc2nc(-c3cccc(Br)c3)no2)CC1. The number of alkyl halides is 3. The Labute approximate surface area is 190 Å². The zero-order valence-electron chi connectivity index (χ0n) is 16.9. The molecule has 1 aliphatic heterocycles. The van der Waals surface area contributed by atoms with Gasteiger partial charge in [0, 0.05) is 16.0 Å². The summed E-state index contributed by atoms with van der Waals surface area (Å²) in [5.41, 5.74) is -0.217. The highest BCUT2D eigenvalue weighted by atomic mass is 79.9. The van der Waals surface area contributed by atoms with E-state index in [0.717, 1.165) is 16.1 Å². The third kappa shape index (κ3) is 5.36. The maximum Gasteiger partial charge on any atom is 0.418 e. The van der Waals surface area contributed by atoms with Gasteiger partial charge < -0.3 is 9.84 Å². The number of likely N-dealkylation sites (tertiary alicyclic amines) is 1. The van der Waals surface area contributed by atoms with E-state index in [0.29, 0.717) is 44.2 Å². The molecule has 1 fully saturated rings. The Morgan fingerprint density at radius 2 is 1.91 bits per heavy atom. The average Bonchev–Trinajstić information content (AvgIpc) is 3.22. The number of benzene rings is 2. The number of para-hydroxylation sites is 1. The molecule has 2 heterocycles. The van der Waals surface area contributed by atoms with Gasteiger partial charge in [-0.3, -0.25) is 9.69 Å². The smallest absolute Gasteiger partial charge is 0.338 e. The van der Waals surface area contributed by atoms with Gasteiger partial charge in [-0.05, 0) is 50.2 Å². The molecule has 0 spiro atoms. The van der Waals surface area contributed by atoms with Crippen molar-refractivity contribution in [2.24, 2.45) is 5.92 Å². The maximum absolute atomic E-state index is 13.1. The van der Waals surface area contributed by atoms with E-state index in [2.05, 4.69) is 36.3 Å². The van der Waals surface area contributed by atoms with E-state index < -0.39 is 17.6 Å². The Morgan fingerprint density at radius 1 is 1.16 bits per heavy atom. The number of hydrogen-bond donors (Lipinski definition) is 1. The highest BCUT2D eigenvalue weighted by Gasteiger charge is 2.34. The number of nitrogens with one attached hydrogen (secondary N) is 1. The van der Waals surface area contributed by atoms with E-state index in [9.17, 15) is 18.0 Å². The molecule has 1 amide bonds. The Morgan fingerprint density at radius 3 is 2.62 bits per heavy atom. The second-order valence-corrected chi connectivity index (χ2v) is 8.52. The van der Waals surface area contributed by atoms with Gasteiger partial charge in [0.25, 0.3) is 0 Å². The first kappa shape index (κ1) is 22.5. The fraction of sp³-hybridized carbons (Fsp3) is 0.318. The van der Waals surface area contributed by atoms with Gasteiger partial charge in [-0.1, -0.05) is 45.4 Å². The van der Waals surface area contributed by atoms with Crippen molar-refractivity contribution < 1.29 is 22.5 Å². The van der Waals surface area contributed by atoms with Gasteiger partial charge in [-0.25, -0.2) is 0 Å². The molecular formula is C22H20BrF3N4O2. The zero-order valence-corrected chi connectivity index (χ0v) is 18.5. The van der Waals surface area contributed by atoms with E-state index >= 15 is 0 Å². The number of halogens is 4. The van der Waals surface area contributed by atoms with Crippen molar-refractivity contribution >= 4 is 27.5 Å². The summed E-state index contributed by atoms with van der Waals surface area (Å²) in [6.07, 6.45) is -3.45. The second kappa shape index (κ2) is 9.41. The lowest BCUT2D eigenvalue weighted by Gasteiger charge is -2.30. The summed E-state index contributed by atoms with van der Waals surface area (Å²) in [6.45, 7) is 1.66. The van der Waals surface area contributed by atoms with Gasteiger partial charge in [0.15, 0.2) is 0 Å². The molecule has 1 N–H and O–H groups in total. The van der Waals surface area contributed by atoms with Crippen molar-refractivity contribution in [2.75, 3.05) is 18.4 Å². The van der Waals surface area contributed by atoms with Gasteiger partial charge in [-0.15, -0.1) is 0 Å². The van der Waals surface area contributed by atoms with Crippen molar-refractivity contribution in [3.8, 4) is 11.4 Å². The molecule has 6 nitrogen and oxygen atoms in total. The maximum atomic E-state index is 13.1. The number of nitrogens with zero attached hydrogens (tertiary/aromatic N) is 3. The van der Waals surface area contributed by atoms with Crippen LogP contribution < -0.4 is 5.32 Å². The van der Waals surface area contributed by atoms with Crippen molar-refractivity contribution in [1.82, 2.24) is 15.0 Å². The molecule has 4 rings (SSSR count). The topological polar surface area (TPSA) is 71.3 Å². The molecule has 1 aromatic heterocycles. The van der Waals surface area contributed by atoms with Gasteiger partial charge in [0.1, 0.15) is 0 Å². The van der Waals surface area contributed by atoms with E-state index in [1.165, 1.54) is 18.2 Å². The van der Waals surface area contributed by atoms with Gasteiger partial charge in [0.2, 0.25) is 17.6 Å². The first-order chi connectivity index (χ1) is 15.3. The molecule has 0 saturated carbocycles. The average molecular weight is 509 g/mol. The summed E-state index contributed by atoms with van der Waals surface area (Å²) in [5, 5.41) is 6.48. The lowest BCUT2D eigenvalue weighted by Crippen LogP contribution is -2.38. The molecule has 0 unspecified atom stereocenters. The summed E-state index contributed by atoms with van der Waals surface area (Å²) in [4.78, 5) is 19.1. The van der Waals surface area contributed by atoms with Gasteiger partial charge in [0.05, 0.1) is 17.8 Å². The minimum Gasteiger partial charge on any atom is -0.338 e. The Hall–Kier alpha value is -2.72. The molecule has 1 saturated heterocycles. The summed E-state index contributed by atoms with van der Waals surface area (Å²) >= 11 is 3.41. The highest BCUT2D eigenvalue weighted by molar-refractivity contribution is 9.10. The van der Waals surface area contributed by atoms with Crippen molar-refractivity contribution in [1.29, 1.82) is 0 Å². The van der Waals surface area contributed by atoms with Gasteiger partial charge >= 0.3 is 6.18 Å². The minimum absolute atomic E-state index is 0.210.